The number of halogens is 1. The van der Waals surface area contributed by atoms with Gasteiger partial charge in [0.2, 0.25) is 0 Å². The molecular weight excluding hydrogens is 302 g/mol. The molecule has 0 aliphatic carbocycles. The highest BCUT2D eigenvalue weighted by atomic mass is 35.5. The van der Waals surface area contributed by atoms with Crippen LogP contribution in [0.3, 0.4) is 0 Å². The van der Waals surface area contributed by atoms with E-state index < -0.39 is 0 Å². The van der Waals surface area contributed by atoms with Gasteiger partial charge in [-0.25, -0.2) is 0 Å². The summed E-state index contributed by atoms with van der Waals surface area (Å²) >= 11 is 5.93. The first-order valence-corrected chi connectivity index (χ1v) is 7.26. The molecule has 4 nitrogen and oxygen atoms in total. The van der Waals surface area contributed by atoms with Gasteiger partial charge >= 0.3 is 0 Å². The summed E-state index contributed by atoms with van der Waals surface area (Å²) in [5.41, 5.74) is 1.56. The average Bonchev–Trinajstić information content (AvgIpc) is 2.55. The second-order valence-corrected chi connectivity index (χ2v) is 5.14. The van der Waals surface area contributed by atoms with Gasteiger partial charge in [0.15, 0.2) is 0 Å². The number of methoxy groups -OCH3 is 2. The van der Waals surface area contributed by atoms with Crippen LogP contribution in [-0.4, -0.2) is 26.7 Å². The van der Waals surface area contributed by atoms with Crippen molar-refractivity contribution in [2.45, 2.75) is 6.42 Å². The van der Waals surface area contributed by atoms with Gasteiger partial charge in [0.1, 0.15) is 11.5 Å². The van der Waals surface area contributed by atoms with E-state index in [2.05, 4.69) is 5.32 Å². The van der Waals surface area contributed by atoms with Gasteiger partial charge in [-0.15, -0.1) is 0 Å². The second kappa shape index (κ2) is 7.71. The van der Waals surface area contributed by atoms with Crippen LogP contribution in [-0.2, 0) is 6.42 Å². The van der Waals surface area contributed by atoms with Gasteiger partial charge < -0.3 is 14.8 Å². The quantitative estimate of drug-likeness (QED) is 0.888. The molecule has 0 spiro atoms. The van der Waals surface area contributed by atoms with E-state index >= 15 is 0 Å². The molecule has 0 bridgehead atoms. The fraction of sp³-hybridized carbons (Fsp3) is 0.235. The lowest BCUT2D eigenvalue weighted by atomic mass is 10.1. The summed E-state index contributed by atoms with van der Waals surface area (Å²) in [5.74, 6) is 1.12. The number of benzene rings is 2. The van der Waals surface area contributed by atoms with Crippen molar-refractivity contribution in [2.24, 2.45) is 0 Å². The Balaban J connectivity index is 1.93. The van der Waals surface area contributed by atoms with E-state index in [1.54, 1.807) is 25.3 Å². The van der Waals surface area contributed by atoms with Crippen LogP contribution in [0.15, 0.2) is 42.5 Å². The summed E-state index contributed by atoms with van der Waals surface area (Å²) in [6.07, 6.45) is 0.735. The summed E-state index contributed by atoms with van der Waals surface area (Å²) in [6, 6.07) is 12.7. The number of rotatable bonds is 6. The van der Waals surface area contributed by atoms with Gasteiger partial charge in [-0.2, -0.15) is 0 Å². The molecule has 2 aromatic carbocycles. The Morgan fingerprint density at radius 2 is 1.82 bits per heavy atom. The van der Waals surface area contributed by atoms with E-state index in [0.29, 0.717) is 22.9 Å². The maximum Gasteiger partial charge on any atom is 0.255 e. The van der Waals surface area contributed by atoms with E-state index in [9.17, 15) is 4.79 Å². The SMILES string of the molecule is COc1ccc(CCNC(=O)c2cc(Cl)ccc2OC)cc1. The van der Waals surface area contributed by atoms with Crippen LogP contribution in [0.4, 0.5) is 0 Å². The van der Waals surface area contributed by atoms with Crippen LogP contribution >= 0.6 is 11.6 Å². The molecule has 116 valence electrons. The standard InChI is InChI=1S/C17H18ClNO3/c1-21-14-6-3-12(4-7-14)9-10-19-17(20)15-11-13(18)5-8-16(15)22-2/h3-8,11H,9-10H2,1-2H3,(H,19,20). The zero-order valence-corrected chi connectivity index (χ0v) is 13.3. The molecule has 2 aromatic rings. The topological polar surface area (TPSA) is 47.6 Å². The molecule has 0 aliphatic rings. The molecule has 0 fully saturated rings. The first kappa shape index (κ1) is 16.2. The number of carbonyl (C=O) groups is 1. The molecule has 1 N–H and O–H groups in total. The predicted molar refractivity (Wildman–Crippen MR) is 87.0 cm³/mol. The maximum atomic E-state index is 12.2. The minimum atomic E-state index is -0.201. The van der Waals surface area contributed by atoms with Gasteiger partial charge in [-0.3, -0.25) is 4.79 Å². The highest BCUT2D eigenvalue weighted by Gasteiger charge is 2.12. The minimum absolute atomic E-state index is 0.201. The molecule has 22 heavy (non-hydrogen) atoms. The molecule has 0 radical (unpaired) electrons. The number of amides is 1. The molecule has 2 rings (SSSR count). The van der Waals surface area contributed by atoms with Crippen LogP contribution < -0.4 is 14.8 Å². The van der Waals surface area contributed by atoms with Crippen LogP contribution in [0.5, 0.6) is 11.5 Å². The Morgan fingerprint density at radius 3 is 2.45 bits per heavy atom. The monoisotopic (exact) mass is 319 g/mol. The summed E-state index contributed by atoms with van der Waals surface area (Å²) in [6.45, 7) is 0.529. The first-order chi connectivity index (χ1) is 10.6. The van der Waals surface area contributed by atoms with Crippen molar-refractivity contribution < 1.29 is 14.3 Å². The van der Waals surface area contributed by atoms with Crippen molar-refractivity contribution in [1.29, 1.82) is 0 Å². The lowest BCUT2D eigenvalue weighted by Gasteiger charge is -2.10. The zero-order chi connectivity index (χ0) is 15.9. The van der Waals surface area contributed by atoms with Crippen molar-refractivity contribution >= 4 is 17.5 Å². The fourth-order valence-electron chi connectivity index (χ4n) is 2.07. The van der Waals surface area contributed by atoms with Crippen LogP contribution in [0.1, 0.15) is 15.9 Å². The molecule has 0 unspecified atom stereocenters. The average molecular weight is 320 g/mol. The molecule has 0 aromatic heterocycles. The highest BCUT2D eigenvalue weighted by Crippen LogP contribution is 2.22. The Bertz CT molecular complexity index is 641. The van der Waals surface area contributed by atoms with E-state index in [-0.39, 0.29) is 5.91 Å². The van der Waals surface area contributed by atoms with E-state index in [4.69, 9.17) is 21.1 Å². The van der Waals surface area contributed by atoms with Gasteiger partial charge in [0.05, 0.1) is 19.8 Å². The molecule has 0 atom stereocenters. The Kier molecular flexibility index (Phi) is 5.67. The smallest absolute Gasteiger partial charge is 0.255 e. The van der Waals surface area contributed by atoms with Gasteiger partial charge in [-0.05, 0) is 42.3 Å². The van der Waals surface area contributed by atoms with Gasteiger partial charge in [-0.1, -0.05) is 23.7 Å². The number of hydrogen-bond donors (Lipinski definition) is 1. The van der Waals surface area contributed by atoms with E-state index in [0.717, 1.165) is 17.7 Å². The van der Waals surface area contributed by atoms with E-state index in [1.807, 2.05) is 24.3 Å². The summed E-state index contributed by atoms with van der Waals surface area (Å²) in [4.78, 5) is 12.2. The fourth-order valence-corrected chi connectivity index (χ4v) is 2.24. The van der Waals surface area contributed by atoms with Crippen LogP contribution in [0.2, 0.25) is 5.02 Å². The Hall–Kier alpha value is -2.20. The molecule has 0 saturated heterocycles. The third-order valence-corrected chi connectivity index (χ3v) is 3.50. The van der Waals surface area contributed by atoms with Crippen molar-refractivity contribution in [3.63, 3.8) is 0 Å². The Labute approximate surface area is 135 Å². The number of nitrogens with one attached hydrogen (secondary N) is 1. The summed E-state index contributed by atoms with van der Waals surface area (Å²) in [7, 11) is 3.16. The maximum absolute atomic E-state index is 12.2. The zero-order valence-electron chi connectivity index (χ0n) is 12.6. The minimum Gasteiger partial charge on any atom is -0.497 e. The first-order valence-electron chi connectivity index (χ1n) is 6.88. The van der Waals surface area contributed by atoms with Gasteiger partial charge in [0, 0.05) is 11.6 Å². The Morgan fingerprint density at radius 1 is 1.09 bits per heavy atom. The van der Waals surface area contributed by atoms with Crippen molar-refractivity contribution in [3.05, 3.63) is 58.6 Å². The van der Waals surface area contributed by atoms with E-state index in [1.165, 1.54) is 7.11 Å². The summed E-state index contributed by atoms with van der Waals surface area (Å²) in [5, 5.41) is 3.37. The molecular formula is C17H18ClNO3. The lowest BCUT2D eigenvalue weighted by molar-refractivity contribution is 0.0951. The molecule has 0 heterocycles. The highest BCUT2D eigenvalue weighted by molar-refractivity contribution is 6.31. The second-order valence-electron chi connectivity index (χ2n) is 4.70. The van der Waals surface area contributed by atoms with Crippen LogP contribution in [0, 0.1) is 0 Å². The number of carbonyl (C=O) groups excluding carboxylic acids is 1. The molecule has 0 saturated carbocycles. The lowest BCUT2D eigenvalue weighted by Crippen LogP contribution is -2.26. The van der Waals surface area contributed by atoms with Crippen LogP contribution in [0.25, 0.3) is 0 Å². The third-order valence-electron chi connectivity index (χ3n) is 3.26. The number of hydrogen-bond acceptors (Lipinski definition) is 3. The number of ether oxygens (including phenoxy) is 2. The van der Waals surface area contributed by atoms with Crippen molar-refractivity contribution in [3.8, 4) is 11.5 Å². The molecule has 1 amide bonds. The normalized spacial score (nSPS) is 10.1. The van der Waals surface area contributed by atoms with Crippen molar-refractivity contribution in [2.75, 3.05) is 20.8 Å². The third kappa shape index (κ3) is 4.15. The largest absolute Gasteiger partial charge is 0.497 e. The predicted octanol–water partition coefficient (Wildman–Crippen LogP) is 3.33. The summed E-state index contributed by atoms with van der Waals surface area (Å²) < 4.78 is 10.3. The van der Waals surface area contributed by atoms with Gasteiger partial charge in [0.25, 0.3) is 5.91 Å². The van der Waals surface area contributed by atoms with Crippen molar-refractivity contribution in [1.82, 2.24) is 5.32 Å². The molecule has 5 heteroatoms. The molecule has 0 aliphatic heterocycles.